The number of hydrogen-bond acceptors (Lipinski definition) is 2. The van der Waals surface area contributed by atoms with Gasteiger partial charge in [-0.3, -0.25) is 4.90 Å². The molecule has 0 bridgehead atoms. The molecule has 2 aromatic carbocycles. The van der Waals surface area contributed by atoms with Crippen LogP contribution in [0.5, 0.6) is 0 Å². The molecular formula is C17H21ClN2. The minimum atomic E-state index is 0.617. The lowest BCUT2D eigenvalue weighted by molar-refractivity contribution is 0.319. The number of hydrogen-bond donors (Lipinski definition) is 1. The van der Waals surface area contributed by atoms with E-state index in [1.165, 1.54) is 16.7 Å². The Morgan fingerprint density at radius 3 is 2.10 bits per heavy atom. The molecule has 0 atom stereocenters. The van der Waals surface area contributed by atoms with Gasteiger partial charge in [-0.05, 0) is 42.3 Å². The minimum Gasteiger partial charge on any atom is -0.398 e. The van der Waals surface area contributed by atoms with E-state index < -0.39 is 0 Å². The number of benzene rings is 2. The Morgan fingerprint density at radius 2 is 1.50 bits per heavy atom. The molecule has 0 aliphatic carbocycles. The van der Waals surface area contributed by atoms with Crippen LogP contribution in [0.15, 0.2) is 42.5 Å². The van der Waals surface area contributed by atoms with E-state index in [2.05, 4.69) is 43.1 Å². The fraction of sp³-hybridized carbons (Fsp3) is 0.294. The molecule has 106 valence electrons. The topological polar surface area (TPSA) is 29.3 Å². The first kappa shape index (κ1) is 14.9. The molecule has 2 rings (SSSR count). The van der Waals surface area contributed by atoms with Crippen molar-refractivity contribution in [3.05, 3.63) is 64.2 Å². The second kappa shape index (κ2) is 6.78. The maximum atomic E-state index is 5.94. The van der Waals surface area contributed by atoms with E-state index in [0.717, 1.165) is 19.5 Å². The molecule has 2 aromatic rings. The Morgan fingerprint density at radius 1 is 0.950 bits per heavy atom. The molecule has 0 aromatic heterocycles. The number of nitrogen functional groups attached to an aromatic ring is 1. The van der Waals surface area contributed by atoms with Gasteiger partial charge in [0.15, 0.2) is 0 Å². The van der Waals surface area contributed by atoms with Gasteiger partial charge in [0.2, 0.25) is 0 Å². The van der Waals surface area contributed by atoms with Gasteiger partial charge in [0, 0.05) is 13.1 Å². The highest BCUT2D eigenvalue weighted by molar-refractivity contribution is 6.33. The first-order chi connectivity index (χ1) is 9.58. The molecule has 2 nitrogen and oxygen atoms in total. The van der Waals surface area contributed by atoms with Crippen molar-refractivity contribution in [3.8, 4) is 0 Å². The highest BCUT2D eigenvalue weighted by Crippen LogP contribution is 2.20. The Kier molecular flexibility index (Phi) is 5.05. The monoisotopic (exact) mass is 288 g/mol. The number of aryl methyl sites for hydroxylation is 1. The normalized spacial score (nSPS) is 11.0. The van der Waals surface area contributed by atoms with Crippen molar-refractivity contribution in [2.45, 2.75) is 26.4 Å². The third-order valence-corrected chi connectivity index (χ3v) is 3.74. The van der Waals surface area contributed by atoms with E-state index in [4.69, 9.17) is 17.3 Å². The van der Waals surface area contributed by atoms with E-state index in [-0.39, 0.29) is 0 Å². The summed E-state index contributed by atoms with van der Waals surface area (Å²) in [5.74, 6) is 0. The third kappa shape index (κ3) is 3.99. The molecule has 0 amide bonds. The van der Waals surface area contributed by atoms with Crippen molar-refractivity contribution in [1.82, 2.24) is 4.90 Å². The van der Waals surface area contributed by atoms with E-state index in [9.17, 15) is 0 Å². The lowest BCUT2D eigenvalue weighted by atomic mass is 10.1. The molecular weight excluding hydrogens is 268 g/mol. The zero-order chi connectivity index (χ0) is 14.5. The summed E-state index contributed by atoms with van der Waals surface area (Å²) in [6, 6.07) is 14.6. The van der Waals surface area contributed by atoms with Crippen LogP contribution in [0.3, 0.4) is 0 Å². The van der Waals surface area contributed by atoms with Crippen molar-refractivity contribution in [2.24, 2.45) is 0 Å². The van der Waals surface area contributed by atoms with Crippen LogP contribution in [0.25, 0.3) is 0 Å². The smallest absolute Gasteiger partial charge is 0.0635 e. The zero-order valence-electron chi connectivity index (χ0n) is 12.1. The number of rotatable bonds is 5. The zero-order valence-corrected chi connectivity index (χ0v) is 12.8. The van der Waals surface area contributed by atoms with Crippen LogP contribution in [0.4, 0.5) is 5.69 Å². The second-order valence-electron chi connectivity index (χ2n) is 5.20. The first-order valence-corrected chi connectivity index (χ1v) is 7.26. The molecule has 0 saturated carbocycles. The number of nitrogens with zero attached hydrogens (tertiary/aromatic N) is 1. The molecule has 20 heavy (non-hydrogen) atoms. The van der Waals surface area contributed by atoms with Crippen molar-refractivity contribution in [1.29, 1.82) is 0 Å². The average Bonchev–Trinajstić information content (AvgIpc) is 2.44. The van der Waals surface area contributed by atoms with Gasteiger partial charge in [0.25, 0.3) is 0 Å². The molecule has 0 fully saturated rings. The summed E-state index contributed by atoms with van der Waals surface area (Å²) in [5, 5.41) is 0.617. The summed E-state index contributed by atoms with van der Waals surface area (Å²) in [5.41, 5.74) is 10.4. The Labute approximate surface area is 126 Å². The largest absolute Gasteiger partial charge is 0.398 e. The molecule has 0 saturated heterocycles. The highest BCUT2D eigenvalue weighted by Gasteiger charge is 2.04. The number of halogens is 1. The fourth-order valence-corrected chi connectivity index (χ4v) is 2.37. The van der Waals surface area contributed by atoms with Crippen LogP contribution in [-0.2, 0) is 19.5 Å². The summed E-state index contributed by atoms with van der Waals surface area (Å²) in [4.78, 5) is 2.27. The summed E-state index contributed by atoms with van der Waals surface area (Å²) in [7, 11) is 2.11. The number of nitrogens with two attached hydrogens (primary N) is 1. The van der Waals surface area contributed by atoms with E-state index in [1.807, 2.05) is 18.2 Å². The van der Waals surface area contributed by atoms with Gasteiger partial charge in [-0.25, -0.2) is 0 Å². The van der Waals surface area contributed by atoms with Gasteiger partial charge in [0.1, 0.15) is 0 Å². The SMILES string of the molecule is CCc1ccc(CN(C)Cc2ccc(Cl)c(N)c2)cc1. The molecule has 0 spiro atoms. The minimum absolute atomic E-state index is 0.617. The molecule has 2 N–H and O–H groups in total. The van der Waals surface area contributed by atoms with Gasteiger partial charge < -0.3 is 5.73 Å². The van der Waals surface area contributed by atoms with Gasteiger partial charge >= 0.3 is 0 Å². The quantitative estimate of drug-likeness (QED) is 0.839. The van der Waals surface area contributed by atoms with Crippen LogP contribution >= 0.6 is 11.6 Å². The molecule has 0 aliphatic rings. The van der Waals surface area contributed by atoms with Crippen LogP contribution < -0.4 is 5.73 Å². The Bertz CT molecular complexity index is 564. The molecule has 0 radical (unpaired) electrons. The van der Waals surface area contributed by atoms with E-state index >= 15 is 0 Å². The lowest BCUT2D eigenvalue weighted by Crippen LogP contribution is -2.17. The molecule has 3 heteroatoms. The van der Waals surface area contributed by atoms with Crippen LogP contribution in [0, 0.1) is 0 Å². The summed E-state index contributed by atoms with van der Waals surface area (Å²) in [6.07, 6.45) is 1.08. The predicted octanol–water partition coefficient (Wildman–Crippen LogP) is 4.12. The van der Waals surface area contributed by atoms with Crippen LogP contribution in [-0.4, -0.2) is 11.9 Å². The highest BCUT2D eigenvalue weighted by atomic mass is 35.5. The van der Waals surface area contributed by atoms with Gasteiger partial charge in [-0.1, -0.05) is 48.9 Å². The van der Waals surface area contributed by atoms with Crippen LogP contribution in [0.2, 0.25) is 5.02 Å². The van der Waals surface area contributed by atoms with Crippen molar-refractivity contribution in [3.63, 3.8) is 0 Å². The number of anilines is 1. The molecule has 0 aliphatic heterocycles. The maximum Gasteiger partial charge on any atom is 0.0635 e. The standard InChI is InChI=1S/C17H21ClN2/c1-3-13-4-6-14(7-5-13)11-20(2)12-15-8-9-16(18)17(19)10-15/h4-10H,3,11-12,19H2,1-2H3. The Balaban J connectivity index is 1.97. The molecule has 0 heterocycles. The van der Waals surface area contributed by atoms with Crippen molar-refractivity contribution in [2.75, 3.05) is 12.8 Å². The summed E-state index contributed by atoms with van der Waals surface area (Å²) in [6.45, 7) is 3.95. The maximum absolute atomic E-state index is 5.94. The molecule has 0 unspecified atom stereocenters. The van der Waals surface area contributed by atoms with Gasteiger partial charge in [0.05, 0.1) is 10.7 Å². The fourth-order valence-electron chi connectivity index (χ4n) is 2.25. The third-order valence-electron chi connectivity index (χ3n) is 3.40. The van der Waals surface area contributed by atoms with Crippen molar-refractivity contribution >= 4 is 17.3 Å². The summed E-state index contributed by atoms with van der Waals surface area (Å²) >= 11 is 5.94. The van der Waals surface area contributed by atoms with Crippen molar-refractivity contribution < 1.29 is 0 Å². The first-order valence-electron chi connectivity index (χ1n) is 6.88. The van der Waals surface area contributed by atoms with Gasteiger partial charge in [-0.2, -0.15) is 0 Å². The Hall–Kier alpha value is -1.51. The predicted molar refractivity (Wildman–Crippen MR) is 86.9 cm³/mol. The van der Waals surface area contributed by atoms with Crippen LogP contribution in [0.1, 0.15) is 23.6 Å². The van der Waals surface area contributed by atoms with E-state index in [1.54, 1.807) is 0 Å². The van der Waals surface area contributed by atoms with Gasteiger partial charge in [-0.15, -0.1) is 0 Å². The lowest BCUT2D eigenvalue weighted by Gasteiger charge is -2.17. The second-order valence-corrected chi connectivity index (χ2v) is 5.61. The summed E-state index contributed by atoms with van der Waals surface area (Å²) < 4.78 is 0. The average molecular weight is 289 g/mol. The van der Waals surface area contributed by atoms with E-state index in [0.29, 0.717) is 10.7 Å².